The summed E-state index contributed by atoms with van der Waals surface area (Å²) in [5.41, 5.74) is 1.19. The van der Waals surface area contributed by atoms with E-state index in [-0.39, 0.29) is 12.0 Å². The second-order valence-corrected chi connectivity index (χ2v) is 5.40. The van der Waals surface area contributed by atoms with Crippen LogP contribution in [0.4, 0.5) is 0 Å². The molecule has 1 aliphatic heterocycles. The molecular formula is C17H26N2O3. The van der Waals surface area contributed by atoms with Gasteiger partial charge in [-0.05, 0) is 31.4 Å². The van der Waals surface area contributed by atoms with Gasteiger partial charge in [0, 0.05) is 19.6 Å². The maximum atomic E-state index is 11.8. The Bertz CT molecular complexity index is 459. The van der Waals surface area contributed by atoms with Gasteiger partial charge in [0.15, 0.2) is 0 Å². The van der Waals surface area contributed by atoms with Crippen LogP contribution in [0.1, 0.15) is 25.3 Å². The molecule has 1 amide bonds. The van der Waals surface area contributed by atoms with Crippen LogP contribution in [0.15, 0.2) is 24.3 Å². The highest BCUT2D eigenvalue weighted by molar-refractivity contribution is 5.76. The molecule has 1 heterocycles. The summed E-state index contributed by atoms with van der Waals surface area (Å²) in [5.74, 6) is 1.00. The molecule has 122 valence electrons. The average molecular weight is 306 g/mol. The van der Waals surface area contributed by atoms with Gasteiger partial charge in [-0.15, -0.1) is 0 Å². The number of hydrogen-bond donors (Lipinski definition) is 2. The highest BCUT2D eigenvalue weighted by Crippen LogP contribution is 2.19. The predicted octanol–water partition coefficient (Wildman–Crippen LogP) is 1.51. The van der Waals surface area contributed by atoms with E-state index in [1.165, 1.54) is 5.56 Å². The zero-order chi connectivity index (χ0) is 15.6. The molecule has 1 fully saturated rings. The van der Waals surface area contributed by atoms with E-state index >= 15 is 0 Å². The van der Waals surface area contributed by atoms with Crippen LogP contribution in [-0.4, -0.2) is 44.9 Å². The lowest BCUT2D eigenvalue weighted by Gasteiger charge is -2.23. The lowest BCUT2D eigenvalue weighted by Crippen LogP contribution is -2.41. The molecule has 0 spiro atoms. The molecule has 1 aliphatic rings. The Balaban J connectivity index is 1.65. The van der Waals surface area contributed by atoms with Gasteiger partial charge in [-0.3, -0.25) is 4.79 Å². The van der Waals surface area contributed by atoms with E-state index in [1.54, 1.807) is 0 Å². The summed E-state index contributed by atoms with van der Waals surface area (Å²) in [7, 11) is 0. The van der Waals surface area contributed by atoms with E-state index in [0.717, 1.165) is 31.7 Å². The second-order valence-electron chi connectivity index (χ2n) is 5.40. The summed E-state index contributed by atoms with van der Waals surface area (Å²) in [6.45, 7) is 5.65. The average Bonchev–Trinajstić information content (AvgIpc) is 2.54. The molecule has 0 radical (unpaired) electrons. The molecule has 0 aromatic heterocycles. The van der Waals surface area contributed by atoms with Crippen LogP contribution in [0.25, 0.3) is 0 Å². The zero-order valence-electron chi connectivity index (χ0n) is 13.3. The molecule has 1 unspecified atom stereocenters. The number of hydrogen-bond acceptors (Lipinski definition) is 4. The van der Waals surface area contributed by atoms with E-state index in [0.29, 0.717) is 26.2 Å². The summed E-state index contributed by atoms with van der Waals surface area (Å²) in [4.78, 5) is 11.8. The molecule has 5 nitrogen and oxygen atoms in total. The smallest absolute Gasteiger partial charge is 0.222 e. The molecule has 1 aromatic carbocycles. The topological polar surface area (TPSA) is 59.6 Å². The van der Waals surface area contributed by atoms with Gasteiger partial charge >= 0.3 is 0 Å². The van der Waals surface area contributed by atoms with E-state index < -0.39 is 0 Å². The number of morpholine rings is 1. The number of ether oxygens (including phenoxy) is 2. The molecule has 2 rings (SSSR count). The highest BCUT2D eigenvalue weighted by Gasteiger charge is 2.16. The van der Waals surface area contributed by atoms with Crippen molar-refractivity contribution in [2.45, 2.75) is 32.3 Å². The third kappa shape index (κ3) is 5.66. The number of amides is 1. The normalized spacial score (nSPS) is 18.0. The Morgan fingerprint density at radius 2 is 2.32 bits per heavy atom. The van der Waals surface area contributed by atoms with Crippen molar-refractivity contribution in [3.63, 3.8) is 0 Å². The van der Waals surface area contributed by atoms with Gasteiger partial charge in [0.05, 0.1) is 25.7 Å². The molecule has 1 aromatic rings. The molecule has 1 atom stereocenters. The van der Waals surface area contributed by atoms with Gasteiger partial charge in [0.1, 0.15) is 5.75 Å². The Kier molecular flexibility index (Phi) is 7.19. The summed E-state index contributed by atoms with van der Waals surface area (Å²) in [6.07, 6.45) is 2.24. The Hall–Kier alpha value is -1.59. The van der Waals surface area contributed by atoms with Gasteiger partial charge in [-0.2, -0.15) is 0 Å². The number of benzene rings is 1. The Morgan fingerprint density at radius 1 is 1.45 bits per heavy atom. The van der Waals surface area contributed by atoms with Crippen molar-refractivity contribution < 1.29 is 14.3 Å². The molecule has 5 heteroatoms. The molecule has 2 N–H and O–H groups in total. The van der Waals surface area contributed by atoms with Gasteiger partial charge in [0.2, 0.25) is 5.91 Å². The molecule has 1 saturated heterocycles. The van der Waals surface area contributed by atoms with Crippen molar-refractivity contribution in [3.8, 4) is 5.75 Å². The first-order valence-corrected chi connectivity index (χ1v) is 8.09. The standard InChI is InChI=1S/C17H26N2O3/c1-2-21-16-8-4-3-6-14(16)7-5-9-19-17(20)12-15-13-18-10-11-22-15/h3-4,6,8,15,18H,2,5,7,9-13H2,1H3,(H,19,20). The Labute approximate surface area is 132 Å². The molecule has 0 aliphatic carbocycles. The molecule has 0 saturated carbocycles. The van der Waals surface area contributed by atoms with Crippen LogP contribution in [0.5, 0.6) is 5.75 Å². The fraction of sp³-hybridized carbons (Fsp3) is 0.588. The zero-order valence-corrected chi connectivity index (χ0v) is 13.3. The van der Waals surface area contributed by atoms with Crippen molar-refractivity contribution in [3.05, 3.63) is 29.8 Å². The number of para-hydroxylation sites is 1. The van der Waals surface area contributed by atoms with Crippen LogP contribution in [0, 0.1) is 0 Å². The minimum Gasteiger partial charge on any atom is -0.494 e. The number of nitrogens with one attached hydrogen (secondary N) is 2. The minimum atomic E-state index is 0.00688. The van der Waals surface area contributed by atoms with Gasteiger partial charge in [-0.25, -0.2) is 0 Å². The molecule has 0 bridgehead atoms. The fourth-order valence-corrected chi connectivity index (χ4v) is 2.54. The van der Waals surface area contributed by atoms with Crippen molar-refractivity contribution >= 4 is 5.91 Å². The third-order valence-corrected chi connectivity index (χ3v) is 3.63. The molecule has 22 heavy (non-hydrogen) atoms. The first-order chi connectivity index (χ1) is 10.8. The van der Waals surface area contributed by atoms with Gasteiger partial charge in [0.25, 0.3) is 0 Å². The minimum absolute atomic E-state index is 0.00688. The summed E-state index contributed by atoms with van der Waals surface area (Å²) < 4.78 is 11.1. The number of carbonyl (C=O) groups is 1. The van der Waals surface area contributed by atoms with Gasteiger partial charge in [-0.1, -0.05) is 18.2 Å². The van der Waals surface area contributed by atoms with Crippen LogP contribution < -0.4 is 15.4 Å². The van der Waals surface area contributed by atoms with E-state index in [4.69, 9.17) is 9.47 Å². The van der Waals surface area contributed by atoms with E-state index in [9.17, 15) is 4.79 Å². The monoisotopic (exact) mass is 306 g/mol. The van der Waals surface area contributed by atoms with Crippen molar-refractivity contribution in [2.75, 3.05) is 32.8 Å². The van der Waals surface area contributed by atoms with Crippen molar-refractivity contribution in [1.82, 2.24) is 10.6 Å². The lowest BCUT2D eigenvalue weighted by atomic mass is 10.1. The number of carbonyl (C=O) groups excluding carboxylic acids is 1. The fourth-order valence-electron chi connectivity index (χ4n) is 2.54. The van der Waals surface area contributed by atoms with Crippen LogP contribution in [0.2, 0.25) is 0 Å². The van der Waals surface area contributed by atoms with Crippen molar-refractivity contribution in [2.24, 2.45) is 0 Å². The van der Waals surface area contributed by atoms with Crippen LogP contribution >= 0.6 is 0 Å². The first-order valence-electron chi connectivity index (χ1n) is 8.09. The van der Waals surface area contributed by atoms with Crippen molar-refractivity contribution in [1.29, 1.82) is 0 Å². The predicted molar refractivity (Wildman–Crippen MR) is 86.2 cm³/mol. The van der Waals surface area contributed by atoms with E-state index in [2.05, 4.69) is 16.7 Å². The van der Waals surface area contributed by atoms with Crippen LogP contribution in [0.3, 0.4) is 0 Å². The number of aryl methyl sites for hydroxylation is 1. The van der Waals surface area contributed by atoms with Crippen LogP contribution in [-0.2, 0) is 16.0 Å². The highest BCUT2D eigenvalue weighted by atomic mass is 16.5. The second kappa shape index (κ2) is 9.43. The van der Waals surface area contributed by atoms with E-state index in [1.807, 2.05) is 25.1 Å². The third-order valence-electron chi connectivity index (χ3n) is 3.63. The molecular weight excluding hydrogens is 280 g/mol. The summed E-state index contributed by atoms with van der Waals surface area (Å²) in [5, 5.41) is 6.19. The quantitative estimate of drug-likeness (QED) is 0.715. The largest absolute Gasteiger partial charge is 0.494 e. The Morgan fingerprint density at radius 3 is 3.09 bits per heavy atom. The maximum Gasteiger partial charge on any atom is 0.222 e. The first kappa shape index (κ1) is 16.8. The summed E-state index contributed by atoms with van der Waals surface area (Å²) >= 11 is 0. The summed E-state index contributed by atoms with van der Waals surface area (Å²) in [6, 6.07) is 8.07. The SMILES string of the molecule is CCOc1ccccc1CCCNC(=O)CC1CNCCO1. The van der Waals surface area contributed by atoms with Gasteiger partial charge < -0.3 is 20.1 Å². The number of rotatable bonds is 8. The lowest BCUT2D eigenvalue weighted by molar-refractivity contribution is -0.124. The maximum absolute atomic E-state index is 11.8.